The van der Waals surface area contributed by atoms with Crippen LogP contribution in [0.5, 0.6) is 0 Å². The number of thiazole rings is 1. The maximum Gasteiger partial charge on any atom is 0.107 e. The van der Waals surface area contributed by atoms with E-state index >= 15 is 0 Å². The number of nitrogens with zero attached hydrogens (tertiary/aromatic N) is 3. The molecule has 1 aromatic rings. The summed E-state index contributed by atoms with van der Waals surface area (Å²) in [6.07, 6.45) is 0. The Labute approximate surface area is 133 Å². The van der Waals surface area contributed by atoms with Gasteiger partial charge in [-0.05, 0) is 34.6 Å². The van der Waals surface area contributed by atoms with Crippen molar-refractivity contribution in [1.29, 1.82) is 0 Å². The van der Waals surface area contributed by atoms with Gasteiger partial charge in [0.1, 0.15) is 5.01 Å². The molecular weight excluding hydrogens is 280 g/mol. The molecule has 0 saturated carbocycles. The van der Waals surface area contributed by atoms with E-state index in [0.29, 0.717) is 6.04 Å². The molecule has 1 N–H and O–H groups in total. The summed E-state index contributed by atoms with van der Waals surface area (Å²) < 4.78 is 0. The van der Waals surface area contributed by atoms with E-state index in [-0.39, 0.29) is 5.54 Å². The summed E-state index contributed by atoms with van der Waals surface area (Å²) in [5.74, 6) is 0. The van der Waals surface area contributed by atoms with Crippen molar-refractivity contribution in [2.24, 2.45) is 0 Å². The molecule has 2 heterocycles. The lowest BCUT2D eigenvalue weighted by Crippen LogP contribution is -2.48. The van der Waals surface area contributed by atoms with Crippen molar-refractivity contribution < 1.29 is 0 Å². The summed E-state index contributed by atoms with van der Waals surface area (Å²) in [6.45, 7) is 17.7. The van der Waals surface area contributed by atoms with Crippen LogP contribution in [0.15, 0.2) is 5.38 Å². The lowest BCUT2D eigenvalue weighted by atomic mass is 10.1. The van der Waals surface area contributed by atoms with Crippen LogP contribution >= 0.6 is 11.3 Å². The van der Waals surface area contributed by atoms with Crippen LogP contribution in [0.1, 0.15) is 45.3 Å². The summed E-state index contributed by atoms with van der Waals surface area (Å²) in [4.78, 5) is 9.84. The third-order valence-electron chi connectivity index (χ3n) is 3.89. The highest BCUT2D eigenvalue weighted by Gasteiger charge is 2.19. The SMILES string of the molecule is CC(C)N1CCN(Cc2csc(CNC(C)(C)C)n2)CC1. The number of aromatic nitrogens is 1. The number of nitrogens with one attached hydrogen (secondary N) is 1. The average Bonchev–Trinajstić information content (AvgIpc) is 2.84. The van der Waals surface area contributed by atoms with E-state index in [1.54, 1.807) is 11.3 Å². The highest BCUT2D eigenvalue weighted by atomic mass is 32.1. The van der Waals surface area contributed by atoms with Crippen LogP contribution in [0.4, 0.5) is 0 Å². The van der Waals surface area contributed by atoms with Gasteiger partial charge in [0.15, 0.2) is 0 Å². The lowest BCUT2D eigenvalue weighted by molar-refractivity contribution is 0.103. The first-order valence-electron chi connectivity index (χ1n) is 7.98. The van der Waals surface area contributed by atoms with E-state index in [1.807, 2.05) is 0 Å². The first-order valence-corrected chi connectivity index (χ1v) is 8.86. The van der Waals surface area contributed by atoms with E-state index in [0.717, 1.165) is 26.2 Å². The van der Waals surface area contributed by atoms with Crippen molar-refractivity contribution in [3.05, 3.63) is 16.1 Å². The molecule has 1 aromatic heterocycles. The second-order valence-corrected chi connectivity index (χ2v) is 8.18. The molecule has 0 amide bonds. The minimum Gasteiger partial charge on any atom is -0.306 e. The summed E-state index contributed by atoms with van der Waals surface area (Å²) in [5.41, 5.74) is 1.38. The van der Waals surface area contributed by atoms with Gasteiger partial charge in [0.05, 0.1) is 5.69 Å². The molecule has 4 nitrogen and oxygen atoms in total. The second-order valence-electron chi connectivity index (χ2n) is 7.24. The van der Waals surface area contributed by atoms with Crippen molar-refractivity contribution in [1.82, 2.24) is 20.1 Å². The Morgan fingerprint density at radius 1 is 1.24 bits per heavy atom. The fraction of sp³-hybridized carbons (Fsp3) is 0.812. The van der Waals surface area contributed by atoms with E-state index in [2.05, 4.69) is 55.1 Å². The van der Waals surface area contributed by atoms with Gasteiger partial charge < -0.3 is 5.32 Å². The predicted molar refractivity (Wildman–Crippen MR) is 90.7 cm³/mol. The molecule has 1 aliphatic rings. The van der Waals surface area contributed by atoms with Gasteiger partial charge in [-0.1, -0.05) is 0 Å². The minimum absolute atomic E-state index is 0.152. The van der Waals surface area contributed by atoms with Crippen molar-refractivity contribution in [3.63, 3.8) is 0 Å². The Morgan fingerprint density at radius 3 is 2.48 bits per heavy atom. The zero-order valence-corrected chi connectivity index (χ0v) is 15.0. The molecule has 2 rings (SSSR count). The fourth-order valence-electron chi connectivity index (χ4n) is 2.51. The summed E-state index contributed by atoms with van der Waals surface area (Å²) in [7, 11) is 0. The molecule has 0 atom stereocenters. The Kier molecular flexibility index (Phi) is 5.77. The van der Waals surface area contributed by atoms with Crippen LogP contribution in [0, 0.1) is 0 Å². The molecule has 1 fully saturated rings. The van der Waals surface area contributed by atoms with Crippen LogP contribution in [0.2, 0.25) is 0 Å². The van der Waals surface area contributed by atoms with Crippen molar-refractivity contribution in [2.45, 2.75) is 59.3 Å². The third-order valence-corrected chi connectivity index (χ3v) is 4.79. The van der Waals surface area contributed by atoms with Crippen molar-refractivity contribution >= 4 is 11.3 Å². The first kappa shape index (κ1) is 16.9. The van der Waals surface area contributed by atoms with Gasteiger partial charge in [0.2, 0.25) is 0 Å². The maximum absolute atomic E-state index is 4.76. The maximum atomic E-state index is 4.76. The fourth-order valence-corrected chi connectivity index (χ4v) is 3.24. The van der Waals surface area contributed by atoms with Gasteiger partial charge in [0.25, 0.3) is 0 Å². The number of hydrogen-bond acceptors (Lipinski definition) is 5. The summed E-state index contributed by atoms with van der Waals surface area (Å²) >= 11 is 1.77. The highest BCUT2D eigenvalue weighted by Crippen LogP contribution is 2.15. The van der Waals surface area contributed by atoms with Gasteiger partial charge in [-0.15, -0.1) is 11.3 Å². The topological polar surface area (TPSA) is 31.4 Å². The van der Waals surface area contributed by atoms with E-state index in [9.17, 15) is 0 Å². The first-order chi connectivity index (χ1) is 9.83. The van der Waals surface area contributed by atoms with Crippen LogP contribution < -0.4 is 5.32 Å². The van der Waals surface area contributed by atoms with E-state index in [4.69, 9.17) is 4.98 Å². The molecule has 5 heteroatoms. The smallest absolute Gasteiger partial charge is 0.107 e. The Hall–Kier alpha value is -0.490. The number of hydrogen-bond donors (Lipinski definition) is 1. The third kappa shape index (κ3) is 5.66. The quantitative estimate of drug-likeness (QED) is 0.906. The van der Waals surface area contributed by atoms with E-state index < -0.39 is 0 Å². The van der Waals surface area contributed by atoms with Crippen LogP contribution in [0.3, 0.4) is 0 Å². The average molecular weight is 311 g/mol. The van der Waals surface area contributed by atoms with Gasteiger partial charge in [-0.2, -0.15) is 0 Å². The predicted octanol–water partition coefficient (Wildman–Crippen LogP) is 2.56. The van der Waals surface area contributed by atoms with Gasteiger partial charge in [-0.25, -0.2) is 4.98 Å². The van der Waals surface area contributed by atoms with Gasteiger partial charge in [0, 0.05) is 56.2 Å². The van der Waals surface area contributed by atoms with E-state index in [1.165, 1.54) is 23.8 Å². The molecular formula is C16H30N4S. The normalized spacial score (nSPS) is 18.6. The molecule has 0 radical (unpaired) electrons. The number of piperazine rings is 1. The van der Waals surface area contributed by atoms with Crippen LogP contribution in [-0.4, -0.2) is 52.5 Å². The Bertz CT molecular complexity index is 428. The molecule has 0 spiro atoms. The van der Waals surface area contributed by atoms with Gasteiger partial charge >= 0.3 is 0 Å². The summed E-state index contributed by atoms with van der Waals surface area (Å²) in [5, 5.41) is 6.91. The zero-order chi connectivity index (χ0) is 15.5. The molecule has 21 heavy (non-hydrogen) atoms. The standard InChI is InChI=1S/C16H30N4S/c1-13(2)20-8-6-19(7-9-20)11-14-12-21-15(18-14)10-17-16(3,4)5/h12-13,17H,6-11H2,1-5H3. The Morgan fingerprint density at radius 2 is 1.90 bits per heavy atom. The van der Waals surface area contributed by atoms with Gasteiger partial charge in [-0.3, -0.25) is 9.80 Å². The van der Waals surface area contributed by atoms with Crippen molar-refractivity contribution in [2.75, 3.05) is 26.2 Å². The zero-order valence-electron chi connectivity index (χ0n) is 14.1. The minimum atomic E-state index is 0.152. The van der Waals surface area contributed by atoms with Crippen LogP contribution in [-0.2, 0) is 13.1 Å². The monoisotopic (exact) mass is 310 g/mol. The second kappa shape index (κ2) is 7.18. The lowest BCUT2D eigenvalue weighted by Gasteiger charge is -2.36. The molecule has 0 unspecified atom stereocenters. The molecule has 1 saturated heterocycles. The molecule has 1 aliphatic heterocycles. The van der Waals surface area contributed by atoms with Crippen molar-refractivity contribution in [3.8, 4) is 0 Å². The Balaban J connectivity index is 1.78. The molecule has 0 aromatic carbocycles. The largest absolute Gasteiger partial charge is 0.306 e. The highest BCUT2D eigenvalue weighted by molar-refractivity contribution is 7.09. The number of rotatable bonds is 5. The molecule has 0 aliphatic carbocycles. The van der Waals surface area contributed by atoms with Crippen LogP contribution in [0.25, 0.3) is 0 Å². The summed E-state index contributed by atoms with van der Waals surface area (Å²) in [6, 6.07) is 0.668. The molecule has 120 valence electrons. The molecule has 0 bridgehead atoms.